The highest BCUT2D eigenvalue weighted by molar-refractivity contribution is 5.68. The van der Waals surface area contributed by atoms with Crippen LogP contribution in [0.25, 0.3) is 0 Å². The van der Waals surface area contributed by atoms with E-state index in [1.807, 2.05) is 0 Å². The van der Waals surface area contributed by atoms with E-state index >= 15 is 0 Å². The molecule has 0 aromatic carbocycles. The lowest BCUT2D eigenvalue weighted by Gasteiger charge is -2.44. The molecule has 0 spiro atoms. The number of carbonyl (C=O) groups excluding carboxylic acids is 4. The van der Waals surface area contributed by atoms with E-state index < -0.39 is 66.5 Å². The molecule has 2 fully saturated rings. The first-order valence-electron chi connectivity index (χ1n) is 10.1. The fourth-order valence-corrected chi connectivity index (χ4v) is 3.37. The van der Waals surface area contributed by atoms with Crippen molar-refractivity contribution in [1.29, 1.82) is 0 Å². The third-order valence-electron chi connectivity index (χ3n) is 4.46. The van der Waals surface area contributed by atoms with Gasteiger partial charge in [-0.3, -0.25) is 19.2 Å². The van der Waals surface area contributed by atoms with Crippen molar-refractivity contribution in [2.24, 2.45) is 0 Å². The van der Waals surface area contributed by atoms with Gasteiger partial charge in [-0.05, 0) is 13.8 Å². The molecule has 0 aromatic heterocycles. The van der Waals surface area contributed by atoms with Crippen molar-refractivity contribution in [2.75, 3.05) is 19.8 Å². The van der Waals surface area contributed by atoms with Crippen molar-refractivity contribution in [2.45, 2.75) is 84.1 Å². The van der Waals surface area contributed by atoms with Gasteiger partial charge < -0.3 is 37.9 Å². The van der Waals surface area contributed by atoms with Crippen LogP contribution in [0.4, 0.5) is 0 Å². The van der Waals surface area contributed by atoms with Crippen molar-refractivity contribution >= 4 is 23.9 Å². The van der Waals surface area contributed by atoms with Gasteiger partial charge in [0.15, 0.2) is 30.4 Å². The van der Waals surface area contributed by atoms with Crippen LogP contribution in [0.5, 0.6) is 0 Å². The summed E-state index contributed by atoms with van der Waals surface area (Å²) in [7, 11) is 0. The van der Waals surface area contributed by atoms with Crippen LogP contribution < -0.4 is 0 Å². The second kappa shape index (κ2) is 11.0. The quantitative estimate of drug-likeness (QED) is 0.360. The van der Waals surface area contributed by atoms with Gasteiger partial charge in [0.2, 0.25) is 0 Å². The van der Waals surface area contributed by atoms with Gasteiger partial charge in [-0.15, -0.1) is 0 Å². The van der Waals surface area contributed by atoms with Crippen LogP contribution in [0.15, 0.2) is 0 Å². The Bertz CT molecular complexity index is 705. The predicted octanol–water partition coefficient (Wildman–Crippen LogP) is 0.238. The Kier molecular flexibility index (Phi) is 8.96. The minimum atomic E-state index is -1.28. The fraction of sp³-hybridized carbons (Fsp3) is 0.800. The van der Waals surface area contributed by atoms with Crippen molar-refractivity contribution in [3.05, 3.63) is 0 Å². The average Bonchev–Trinajstić information content (AvgIpc) is 3.00. The van der Waals surface area contributed by atoms with E-state index in [1.54, 1.807) is 13.8 Å². The van der Waals surface area contributed by atoms with Crippen LogP contribution in [-0.2, 0) is 57.1 Å². The number of hydrogen-bond acceptors (Lipinski definition) is 12. The molecular formula is C20H30O12. The molecule has 2 aliphatic rings. The van der Waals surface area contributed by atoms with Gasteiger partial charge >= 0.3 is 23.9 Å². The Labute approximate surface area is 185 Å². The molecule has 0 bridgehead atoms. The van der Waals surface area contributed by atoms with Gasteiger partial charge in [-0.25, -0.2) is 0 Å². The Morgan fingerprint density at radius 3 is 1.88 bits per heavy atom. The number of carbonyl (C=O) groups is 4. The van der Waals surface area contributed by atoms with Gasteiger partial charge in [-0.1, -0.05) is 0 Å². The lowest BCUT2D eigenvalue weighted by molar-refractivity contribution is -0.311. The molecule has 0 saturated carbocycles. The first-order valence-corrected chi connectivity index (χ1v) is 10.1. The molecule has 2 aliphatic heterocycles. The standard InChI is InChI=1S/C20H30O12/c1-10(21)25-9-15-16(28-11(2)22)17(29-12(3)23)18(30-13(4)24)19(31-15)26-7-14-8-27-20(5,6)32-14/h14-19H,7-9H2,1-6H3. The molecule has 6 unspecified atom stereocenters. The summed E-state index contributed by atoms with van der Waals surface area (Å²) < 4.78 is 43.8. The summed E-state index contributed by atoms with van der Waals surface area (Å²) in [4.78, 5) is 46.6. The summed E-state index contributed by atoms with van der Waals surface area (Å²) in [6.07, 6.45) is -6.53. The monoisotopic (exact) mass is 462 g/mol. The van der Waals surface area contributed by atoms with Crippen LogP contribution in [0.1, 0.15) is 41.5 Å². The summed E-state index contributed by atoms with van der Waals surface area (Å²) in [5, 5.41) is 0. The van der Waals surface area contributed by atoms with Crippen LogP contribution in [0, 0.1) is 0 Å². The van der Waals surface area contributed by atoms with Crippen molar-refractivity contribution < 1.29 is 57.1 Å². The maximum absolute atomic E-state index is 11.8. The van der Waals surface area contributed by atoms with Crippen molar-refractivity contribution in [3.63, 3.8) is 0 Å². The van der Waals surface area contributed by atoms with Crippen LogP contribution in [-0.4, -0.2) is 86.3 Å². The van der Waals surface area contributed by atoms with E-state index in [-0.39, 0.29) is 19.8 Å². The van der Waals surface area contributed by atoms with Gasteiger partial charge in [-0.2, -0.15) is 0 Å². The van der Waals surface area contributed by atoms with Gasteiger partial charge in [0.05, 0.1) is 13.2 Å². The minimum absolute atomic E-state index is 0.00281. The highest BCUT2D eigenvalue weighted by Crippen LogP contribution is 2.31. The molecule has 6 atom stereocenters. The van der Waals surface area contributed by atoms with Crippen molar-refractivity contribution in [1.82, 2.24) is 0 Å². The number of hydrogen-bond donors (Lipinski definition) is 0. The summed E-state index contributed by atoms with van der Waals surface area (Å²) in [6.45, 7) is 8.09. The molecule has 2 rings (SSSR count). The lowest BCUT2D eigenvalue weighted by atomic mass is 9.98. The number of ether oxygens (including phenoxy) is 8. The lowest BCUT2D eigenvalue weighted by Crippen LogP contribution is -2.63. The number of rotatable bonds is 8. The first kappa shape index (κ1) is 26.0. The summed E-state index contributed by atoms with van der Waals surface area (Å²) in [5.41, 5.74) is 0. The van der Waals surface area contributed by atoms with E-state index in [2.05, 4.69) is 0 Å². The molecule has 0 N–H and O–H groups in total. The molecule has 12 heteroatoms. The third-order valence-corrected chi connectivity index (χ3v) is 4.46. The molecule has 182 valence electrons. The van der Waals surface area contributed by atoms with Gasteiger partial charge in [0, 0.05) is 27.7 Å². The summed E-state index contributed by atoms with van der Waals surface area (Å²) in [6, 6.07) is 0. The van der Waals surface area contributed by atoms with E-state index in [0.29, 0.717) is 0 Å². The van der Waals surface area contributed by atoms with E-state index in [4.69, 9.17) is 37.9 Å². The Balaban J connectivity index is 2.28. The fourth-order valence-electron chi connectivity index (χ4n) is 3.37. The predicted molar refractivity (Wildman–Crippen MR) is 103 cm³/mol. The summed E-state index contributed by atoms with van der Waals surface area (Å²) >= 11 is 0. The van der Waals surface area contributed by atoms with Crippen LogP contribution >= 0.6 is 0 Å². The van der Waals surface area contributed by atoms with E-state index in [0.717, 1.165) is 20.8 Å². The number of esters is 4. The van der Waals surface area contributed by atoms with Crippen LogP contribution in [0.2, 0.25) is 0 Å². The molecule has 2 saturated heterocycles. The van der Waals surface area contributed by atoms with E-state index in [9.17, 15) is 19.2 Å². The Morgan fingerprint density at radius 1 is 0.812 bits per heavy atom. The smallest absolute Gasteiger partial charge is 0.303 e. The van der Waals surface area contributed by atoms with E-state index in [1.165, 1.54) is 6.92 Å². The highest BCUT2D eigenvalue weighted by atomic mass is 16.8. The zero-order valence-electron chi connectivity index (χ0n) is 19.0. The molecule has 0 radical (unpaired) electrons. The van der Waals surface area contributed by atoms with Crippen molar-refractivity contribution in [3.8, 4) is 0 Å². The van der Waals surface area contributed by atoms with Gasteiger partial charge in [0.1, 0.15) is 18.8 Å². The summed E-state index contributed by atoms with van der Waals surface area (Å²) in [5.74, 6) is -3.51. The zero-order valence-corrected chi connectivity index (χ0v) is 19.0. The average molecular weight is 462 g/mol. The second-order valence-corrected chi connectivity index (χ2v) is 7.85. The maximum Gasteiger partial charge on any atom is 0.303 e. The topological polar surface area (TPSA) is 142 Å². The Hall–Kier alpha value is -2.28. The van der Waals surface area contributed by atoms with Gasteiger partial charge in [0.25, 0.3) is 0 Å². The Morgan fingerprint density at radius 2 is 1.38 bits per heavy atom. The minimum Gasteiger partial charge on any atom is -0.463 e. The molecule has 2 heterocycles. The first-order chi connectivity index (χ1) is 14.9. The maximum atomic E-state index is 11.8. The molecule has 0 aliphatic carbocycles. The molecular weight excluding hydrogens is 432 g/mol. The molecule has 32 heavy (non-hydrogen) atoms. The zero-order chi connectivity index (χ0) is 24.1. The third kappa shape index (κ3) is 7.69. The van der Waals surface area contributed by atoms with Crippen LogP contribution in [0.3, 0.4) is 0 Å². The molecule has 12 nitrogen and oxygen atoms in total. The SMILES string of the molecule is CC(=O)OCC1OC(OCC2COC(C)(C)O2)C(OC(C)=O)C(OC(C)=O)C1OC(C)=O. The largest absolute Gasteiger partial charge is 0.463 e. The normalized spacial score (nSPS) is 31.4. The molecule has 0 amide bonds. The molecule has 0 aromatic rings. The highest BCUT2D eigenvalue weighted by Gasteiger charge is 2.53. The second-order valence-electron chi connectivity index (χ2n) is 7.85.